The van der Waals surface area contributed by atoms with Crippen molar-refractivity contribution in [2.24, 2.45) is 5.73 Å². The van der Waals surface area contributed by atoms with Gasteiger partial charge in [-0.05, 0) is 37.1 Å². The van der Waals surface area contributed by atoms with Gasteiger partial charge in [-0.2, -0.15) is 0 Å². The second kappa shape index (κ2) is 5.84. The third kappa shape index (κ3) is 2.39. The van der Waals surface area contributed by atoms with Crippen molar-refractivity contribution in [3.05, 3.63) is 35.4 Å². The third-order valence-corrected chi connectivity index (χ3v) is 5.20. The van der Waals surface area contributed by atoms with Crippen molar-refractivity contribution in [1.82, 2.24) is 9.80 Å². The summed E-state index contributed by atoms with van der Waals surface area (Å²) in [7, 11) is 0. The highest BCUT2D eigenvalue weighted by atomic mass is 15.3. The normalized spacial score (nSPS) is 30.1. The summed E-state index contributed by atoms with van der Waals surface area (Å²) in [6.07, 6.45) is 2.39. The van der Waals surface area contributed by atoms with Crippen molar-refractivity contribution >= 4 is 0 Å². The lowest BCUT2D eigenvalue weighted by molar-refractivity contribution is 0.185. The fourth-order valence-corrected chi connectivity index (χ4v) is 4.08. The van der Waals surface area contributed by atoms with E-state index in [-0.39, 0.29) is 6.04 Å². The zero-order chi connectivity index (χ0) is 14.1. The molecule has 0 spiro atoms. The largest absolute Gasteiger partial charge is 0.324 e. The number of nitrogens with two attached hydrogens (primary N) is 1. The Labute approximate surface area is 122 Å². The van der Waals surface area contributed by atoms with Crippen LogP contribution >= 0.6 is 0 Å². The van der Waals surface area contributed by atoms with Crippen LogP contribution in [0.3, 0.4) is 0 Å². The van der Waals surface area contributed by atoms with Crippen molar-refractivity contribution in [2.75, 3.05) is 26.2 Å². The molecule has 2 N–H and O–H groups in total. The first kappa shape index (κ1) is 14.1. The molecule has 1 aromatic carbocycles. The van der Waals surface area contributed by atoms with Gasteiger partial charge in [0.15, 0.2) is 0 Å². The van der Waals surface area contributed by atoms with Gasteiger partial charge < -0.3 is 5.73 Å². The van der Waals surface area contributed by atoms with Crippen LogP contribution < -0.4 is 5.73 Å². The lowest BCUT2D eigenvalue weighted by Crippen LogP contribution is -2.37. The molecule has 1 aromatic rings. The highest BCUT2D eigenvalue weighted by Crippen LogP contribution is 2.42. The second-order valence-corrected chi connectivity index (χ2v) is 6.15. The second-order valence-electron chi connectivity index (χ2n) is 6.15. The van der Waals surface area contributed by atoms with Gasteiger partial charge in [-0.15, -0.1) is 0 Å². The highest BCUT2D eigenvalue weighted by Gasteiger charge is 2.36. The SMILES string of the molecule is CCN(CC)C1CCN(C2CC(N)c3ccccc32)C1. The van der Waals surface area contributed by atoms with Crippen molar-refractivity contribution < 1.29 is 0 Å². The van der Waals surface area contributed by atoms with Gasteiger partial charge in [0.25, 0.3) is 0 Å². The molecule has 0 aromatic heterocycles. The van der Waals surface area contributed by atoms with Gasteiger partial charge in [0.05, 0.1) is 0 Å². The Hall–Kier alpha value is -0.900. The van der Waals surface area contributed by atoms with Gasteiger partial charge in [0, 0.05) is 31.2 Å². The fourth-order valence-electron chi connectivity index (χ4n) is 4.08. The van der Waals surface area contributed by atoms with Gasteiger partial charge in [0.1, 0.15) is 0 Å². The Kier molecular flexibility index (Phi) is 4.11. The highest BCUT2D eigenvalue weighted by molar-refractivity contribution is 5.37. The van der Waals surface area contributed by atoms with Gasteiger partial charge in [-0.1, -0.05) is 38.1 Å². The topological polar surface area (TPSA) is 32.5 Å². The van der Waals surface area contributed by atoms with Crippen LogP contribution in [0.5, 0.6) is 0 Å². The Morgan fingerprint density at radius 2 is 1.90 bits per heavy atom. The van der Waals surface area contributed by atoms with E-state index in [1.807, 2.05) is 0 Å². The molecule has 0 amide bonds. The molecule has 0 radical (unpaired) electrons. The quantitative estimate of drug-likeness (QED) is 0.915. The maximum Gasteiger partial charge on any atom is 0.0370 e. The van der Waals surface area contributed by atoms with E-state index in [2.05, 4.69) is 47.9 Å². The number of nitrogens with zero attached hydrogens (tertiary/aromatic N) is 2. The Bertz CT molecular complexity index is 455. The van der Waals surface area contributed by atoms with E-state index in [1.165, 1.54) is 30.6 Å². The summed E-state index contributed by atoms with van der Waals surface area (Å²) in [4.78, 5) is 5.26. The molecule has 3 nitrogen and oxygen atoms in total. The van der Waals surface area contributed by atoms with Crippen LogP contribution in [0.1, 0.15) is 49.9 Å². The molecular weight excluding hydrogens is 246 g/mol. The summed E-state index contributed by atoms with van der Waals surface area (Å²) in [5.74, 6) is 0. The summed E-state index contributed by atoms with van der Waals surface area (Å²) in [5, 5.41) is 0. The van der Waals surface area contributed by atoms with Crippen molar-refractivity contribution in [3.8, 4) is 0 Å². The zero-order valence-corrected chi connectivity index (χ0v) is 12.8. The lowest BCUT2D eigenvalue weighted by atomic mass is 10.1. The van der Waals surface area contributed by atoms with Crippen LogP contribution in [0.25, 0.3) is 0 Å². The zero-order valence-electron chi connectivity index (χ0n) is 12.8. The minimum Gasteiger partial charge on any atom is -0.324 e. The Balaban J connectivity index is 1.73. The van der Waals surface area contributed by atoms with E-state index in [0.29, 0.717) is 6.04 Å². The molecule has 3 rings (SSSR count). The number of likely N-dealkylation sites (tertiary alicyclic amines) is 1. The average Bonchev–Trinajstić information content (AvgIpc) is 3.06. The Morgan fingerprint density at radius 1 is 1.20 bits per heavy atom. The molecule has 3 atom stereocenters. The van der Waals surface area contributed by atoms with Crippen LogP contribution in [-0.4, -0.2) is 42.0 Å². The molecule has 20 heavy (non-hydrogen) atoms. The smallest absolute Gasteiger partial charge is 0.0370 e. The van der Waals surface area contributed by atoms with E-state index in [1.54, 1.807) is 0 Å². The first-order chi connectivity index (χ1) is 9.74. The Morgan fingerprint density at radius 3 is 2.60 bits per heavy atom. The lowest BCUT2D eigenvalue weighted by Gasteiger charge is -2.28. The summed E-state index contributed by atoms with van der Waals surface area (Å²) in [6.45, 7) is 9.28. The first-order valence-corrected chi connectivity index (χ1v) is 8.07. The molecule has 2 aliphatic rings. The number of hydrogen-bond acceptors (Lipinski definition) is 3. The maximum atomic E-state index is 6.31. The van der Waals surface area contributed by atoms with Crippen molar-refractivity contribution in [2.45, 2.75) is 44.8 Å². The molecule has 0 bridgehead atoms. The first-order valence-electron chi connectivity index (χ1n) is 8.07. The van der Waals surface area contributed by atoms with Crippen molar-refractivity contribution in [3.63, 3.8) is 0 Å². The van der Waals surface area contributed by atoms with Gasteiger partial charge in [0.2, 0.25) is 0 Å². The molecule has 1 heterocycles. The van der Waals surface area contributed by atoms with Crippen LogP contribution in [-0.2, 0) is 0 Å². The fraction of sp³-hybridized carbons (Fsp3) is 0.647. The van der Waals surface area contributed by atoms with Gasteiger partial charge in [-0.3, -0.25) is 9.80 Å². The number of hydrogen-bond donors (Lipinski definition) is 1. The molecule has 3 heteroatoms. The van der Waals surface area contributed by atoms with E-state index < -0.39 is 0 Å². The predicted octanol–water partition coefficient (Wildman–Crippen LogP) is 2.55. The molecule has 1 saturated heterocycles. The molecule has 3 unspecified atom stereocenters. The van der Waals surface area contributed by atoms with Gasteiger partial charge >= 0.3 is 0 Å². The van der Waals surface area contributed by atoms with E-state index in [0.717, 1.165) is 25.6 Å². The maximum absolute atomic E-state index is 6.31. The molecule has 1 fully saturated rings. The van der Waals surface area contributed by atoms with Crippen molar-refractivity contribution in [1.29, 1.82) is 0 Å². The molecular formula is C17H27N3. The van der Waals surface area contributed by atoms with Crippen LogP contribution in [0.4, 0.5) is 0 Å². The molecule has 0 saturated carbocycles. The third-order valence-electron chi connectivity index (χ3n) is 5.20. The van der Waals surface area contributed by atoms with Crippen LogP contribution in [0.15, 0.2) is 24.3 Å². The molecule has 1 aliphatic heterocycles. The minimum atomic E-state index is 0.226. The summed E-state index contributed by atoms with van der Waals surface area (Å²) in [5.41, 5.74) is 9.15. The standard InChI is InChI=1S/C17H27N3/c1-3-19(4-2)13-9-10-20(12-13)17-11-16(18)14-7-5-6-8-15(14)17/h5-8,13,16-17H,3-4,9-12,18H2,1-2H3. The summed E-state index contributed by atoms with van der Waals surface area (Å²) < 4.78 is 0. The van der Waals surface area contributed by atoms with E-state index in [9.17, 15) is 0 Å². The van der Waals surface area contributed by atoms with E-state index >= 15 is 0 Å². The number of rotatable bonds is 4. The minimum absolute atomic E-state index is 0.226. The predicted molar refractivity (Wildman–Crippen MR) is 83.6 cm³/mol. The number of likely N-dealkylation sites (N-methyl/N-ethyl adjacent to an activating group) is 1. The average molecular weight is 273 g/mol. The monoisotopic (exact) mass is 273 g/mol. The van der Waals surface area contributed by atoms with Gasteiger partial charge in [-0.25, -0.2) is 0 Å². The molecule has 110 valence electrons. The summed E-state index contributed by atoms with van der Waals surface area (Å²) >= 11 is 0. The number of fused-ring (bicyclic) bond motifs is 1. The van der Waals surface area contributed by atoms with E-state index in [4.69, 9.17) is 5.73 Å². The van der Waals surface area contributed by atoms with Crippen LogP contribution in [0.2, 0.25) is 0 Å². The van der Waals surface area contributed by atoms with Crippen LogP contribution in [0, 0.1) is 0 Å². The summed E-state index contributed by atoms with van der Waals surface area (Å²) in [6, 6.07) is 10.3. The number of benzene rings is 1. The molecule has 1 aliphatic carbocycles.